The zero-order valence-corrected chi connectivity index (χ0v) is 14.3. The Morgan fingerprint density at radius 3 is 3.00 bits per heavy atom. The van der Waals surface area contributed by atoms with Crippen LogP contribution in [0.3, 0.4) is 0 Å². The molecular weight excluding hydrogens is 326 g/mol. The predicted molar refractivity (Wildman–Crippen MR) is 101 cm³/mol. The number of benzene rings is 1. The van der Waals surface area contributed by atoms with Crippen LogP contribution in [0.5, 0.6) is 0 Å². The molecule has 26 heavy (non-hydrogen) atoms. The second-order valence-electron chi connectivity index (χ2n) is 6.55. The second-order valence-corrected chi connectivity index (χ2v) is 6.55. The van der Waals surface area contributed by atoms with Crippen molar-refractivity contribution in [3.63, 3.8) is 0 Å². The van der Waals surface area contributed by atoms with E-state index in [1.54, 1.807) is 12.3 Å². The van der Waals surface area contributed by atoms with E-state index in [0.717, 1.165) is 17.5 Å². The smallest absolute Gasteiger partial charge is 0.244 e. The maximum Gasteiger partial charge on any atom is 0.244 e. The van der Waals surface area contributed by atoms with E-state index in [4.69, 9.17) is 0 Å². The summed E-state index contributed by atoms with van der Waals surface area (Å²) in [6.07, 6.45) is 9.10. The Labute approximate surface area is 151 Å². The average molecular weight is 345 g/mol. The summed E-state index contributed by atoms with van der Waals surface area (Å²) in [4.78, 5) is 27.7. The molecule has 0 saturated heterocycles. The van der Waals surface area contributed by atoms with Crippen molar-refractivity contribution in [1.82, 2.24) is 10.3 Å². The molecule has 5 heteroatoms. The van der Waals surface area contributed by atoms with Crippen LogP contribution < -0.4 is 10.6 Å². The van der Waals surface area contributed by atoms with E-state index in [2.05, 4.69) is 33.8 Å². The molecule has 2 heterocycles. The molecule has 0 radical (unpaired) electrons. The largest absolute Gasteiger partial charge is 0.349 e. The van der Waals surface area contributed by atoms with Gasteiger partial charge in [-0.05, 0) is 52.8 Å². The van der Waals surface area contributed by atoms with Crippen LogP contribution in [-0.4, -0.2) is 23.3 Å². The van der Waals surface area contributed by atoms with Crippen LogP contribution in [0, 0.1) is 0 Å². The maximum atomic E-state index is 12.1. The van der Waals surface area contributed by atoms with E-state index in [1.165, 1.54) is 22.8 Å². The van der Waals surface area contributed by atoms with Crippen LogP contribution in [0.4, 0.5) is 5.82 Å². The van der Waals surface area contributed by atoms with Gasteiger partial charge in [0.05, 0.1) is 0 Å². The number of nitrogens with one attached hydrogen (secondary N) is 2. The van der Waals surface area contributed by atoms with Crippen molar-refractivity contribution in [1.29, 1.82) is 0 Å². The number of pyridine rings is 1. The Bertz CT molecular complexity index is 944. The number of nitrogens with zero attached hydrogens (tertiary/aromatic N) is 1. The minimum absolute atomic E-state index is 0.00367. The number of carbonyl (C=O) groups excluding carboxylic acids is 2. The van der Waals surface area contributed by atoms with Gasteiger partial charge in [0.15, 0.2) is 0 Å². The van der Waals surface area contributed by atoms with Gasteiger partial charge in [0.25, 0.3) is 0 Å². The number of carbonyl (C=O) groups is 2. The average Bonchev–Trinajstić information content (AvgIpc) is 3.07. The quantitative estimate of drug-likeness (QED) is 0.837. The molecule has 2 aliphatic rings. The SMILES string of the molecule is O=C(C=Cc1cnc2c(c1)CCC(=O)N2)NCC1=Cc2ccccc2C1. The number of aryl methyl sites for hydroxylation is 1. The number of hydrogen-bond donors (Lipinski definition) is 2. The summed E-state index contributed by atoms with van der Waals surface area (Å²) in [5, 5.41) is 5.68. The van der Waals surface area contributed by atoms with Gasteiger partial charge in [0.2, 0.25) is 11.8 Å². The van der Waals surface area contributed by atoms with Gasteiger partial charge in [-0.1, -0.05) is 30.3 Å². The highest BCUT2D eigenvalue weighted by atomic mass is 16.2. The monoisotopic (exact) mass is 345 g/mol. The molecule has 0 unspecified atom stereocenters. The van der Waals surface area contributed by atoms with Crippen molar-refractivity contribution in [3.8, 4) is 0 Å². The zero-order chi connectivity index (χ0) is 17.9. The highest BCUT2D eigenvalue weighted by Gasteiger charge is 2.15. The van der Waals surface area contributed by atoms with Gasteiger partial charge in [-0.3, -0.25) is 9.59 Å². The maximum absolute atomic E-state index is 12.1. The topological polar surface area (TPSA) is 71.1 Å². The molecule has 1 aromatic carbocycles. The number of anilines is 1. The Kier molecular flexibility index (Phi) is 4.35. The number of fused-ring (bicyclic) bond motifs is 2. The highest BCUT2D eigenvalue weighted by molar-refractivity contribution is 5.94. The third-order valence-corrected chi connectivity index (χ3v) is 4.62. The van der Waals surface area contributed by atoms with Crippen molar-refractivity contribution in [2.45, 2.75) is 19.3 Å². The van der Waals surface area contributed by atoms with Crippen molar-refractivity contribution >= 4 is 29.8 Å². The summed E-state index contributed by atoms with van der Waals surface area (Å²) in [5.74, 6) is 0.486. The Morgan fingerprint density at radius 1 is 1.23 bits per heavy atom. The molecule has 1 aliphatic carbocycles. The van der Waals surface area contributed by atoms with Gasteiger partial charge < -0.3 is 10.6 Å². The summed E-state index contributed by atoms with van der Waals surface area (Å²) < 4.78 is 0. The summed E-state index contributed by atoms with van der Waals surface area (Å²) in [7, 11) is 0. The van der Waals surface area contributed by atoms with E-state index in [1.807, 2.05) is 18.2 Å². The summed E-state index contributed by atoms with van der Waals surface area (Å²) in [5.41, 5.74) is 5.60. The van der Waals surface area contributed by atoms with E-state index < -0.39 is 0 Å². The first-order valence-electron chi connectivity index (χ1n) is 8.69. The zero-order valence-electron chi connectivity index (χ0n) is 14.3. The molecule has 0 spiro atoms. The second kappa shape index (κ2) is 6.96. The molecule has 130 valence electrons. The lowest BCUT2D eigenvalue weighted by Gasteiger charge is -2.15. The molecule has 0 fully saturated rings. The van der Waals surface area contributed by atoms with Gasteiger partial charge in [0, 0.05) is 25.2 Å². The molecule has 0 saturated carbocycles. The van der Waals surface area contributed by atoms with E-state index in [0.29, 0.717) is 25.2 Å². The summed E-state index contributed by atoms with van der Waals surface area (Å²) in [6.45, 7) is 0.548. The first-order chi connectivity index (χ1) is 12.7. The van der Waals surface area contributed by atoms with Crippen molar-refractivity contribution in [3.05, 3.63) is 70.4 Å². The van der Waals surface area contributed by atoms with Crippen LogP contribution in [0.2, 0.25) is 0 Å². The van der Waals surface area contributed by atoms with Crippen LogP contribution >= 0.6 is 0 Å². The summed E-state index contributed by atoms with van der Waals surface area (Å²) >= 11 is 0. The Balaban J connectivity index is 1.33. The molecule has 4 rings (SSSR count). The minimum Gasteiger partial charge on any atom is -0.349 e. The Morgan fingerprint density at radius 2 is 2.12 bits per heavy atom. The van der Waals surface area contributed by atoms with Crippen LogP contribution in [0.1, 0.15) is 28.7 Å². The fraction of sp³-hybridized carbons (Fsp3) is 0.190. The van der Waals surface area contributed by atoms with Crippen LogP contribution in [-0.2, 0) is 22.4 Å². The lowest BCUT2D eigenvalue weighted by Crippen LogP contribution is -2.23. The molecule has 2 N–H and O–H groups in total. The van der Waals surface area contributed by atoms with Gasteiger partial charge >= 0.3 is 0 Å². The predicted octanol–water partition coefficient (Wildman–Crippen LogP) is 2.74. The van der Waals surface area contributed by atoms with Crippen LogP contribution in [0.25, 0.3) is 12.2 Å². The Hall–Kier alpha value is -3.21. The van der Waals surface area contributed by atoms with Gasteiger partial charge in [-0.25, -0.2) is 4.98 Å². The van der Waals surface area contributed by atoms with E-state index >= 15 is 0 Å². The van der Waals surface area contributed by atoms with Crippen molar-refractivity contribution in [2.75, 3.05) is 11.9 Å². The van der Waals surface area contributed by atoms with Gasteiger partial charge in [0.1, 0.15) is 5.82 Å². The molecule has 2 amide bonds. The number of rotatable bonds is 4. The minimum atomic E-state index is -0.132. The molecule has 2 aromatic rings. The van der Waals surface area contributed by atoms with Crippen molar-refractivity contribution < 1.29 is 9.59 Å². The van der Waals surface area contributed by atoms with E-state index in [9.17, 15) is 9.59 Å². The molecule has 0 atom stereocenters. The number of amides is 2. The first-order valence-corrected chi connectivity index (χ1v) is 8.69. The van der Waals surface area contributed by atoms with Crippen molar-refractivity contribution in [2.24, 2.45) is 0 Å². The van der Waals surface area contributed by atoms with E-state index in [-0.39, 0.29) is 11.8 Å². The standard InChI is InChI=1S/C21H19N3O2/c25-19(22-13-15-10-16-3-1-2-4-17(16)11-15)7-5-14-9-18-6-8-20(26)24-21(18)23-12-14/h1-5,7,9-10,12H,6,8,11,13H2,(H,22,25)(H,23,24,26). The summed E-state index contributed by atoms with van der Waals surface area (Å²) in [6, 6.07) is 10.2. The molecule has 1 aliphatic heterocycles. The molecule has 1 aromatic heterocycles. The fourth-order valence-electron chi connectivity index (χ4n) is 3.26. The molecular formula is C21H19N3O2. The van der Waals surface area contributed by atoms with Crippen LogP contribution in [0.15, 0.2) is 48.2 Å². The molecule has 5 nitrogen and oxygen atoms in total. The third-order valence-electron chi connectivity index (χ3n) is 4.62. The highest BCUT2D eigenvalue weighted by Crippen LogP contribution is 2.24. The van der Waals surface area contributed by atoms with Gasteiger partial charge in [-0.2, -0.15) is 0 Å². The normalized spacial score (nSPS) is 15.2. The third kappa shape index (κ3) is 3.57. The fourth-order valence-corrected chi connectivity index (χ4v) is 3.26. The number of aromatic nitrogens is 1. The number of hydrogen-bond acceptors (Lipinski definition) is 3. The van der Waals surface area contributed by atoms with Gasteiger partial charge in [-0.15, -0.1) is 0 Å². The lowest BCUT2D eigenvalue weighted by atomic mass is 10.0. The molecule has 0 bridgehead atoms. The first kappa shape index (κ1) is 16.3. The lowest BCUT2D eigenvalue weighted by molar-refractivity contribution is -0.117.